The number of nitrogens with zero attached hydrogens (tertiary/aromatic N) is 3. The summed E-state index contributed by atoms with van der Waals surface area (Å²) in [7, 11) is 0. The van der Waals surface area contributed by atoms with Crippen LogP contribution in [0.5, 0.6) is 0 Å². The number of fused-ring (bicyclic) bond motifs is 1. The molecule has 3 aromatic rings. The Hall–Kier alpha value is -3.59. The number of H-pyrrole nitrogens is 1. The first-order valence-corrected chi connectivity index (χ1v) is 9.24. The van der Waals surface area contributed by atoms with Gasteiger partial charge in [-0.3, -0.25) is 9.59 Å². The van der Waals surface area contributed by atoms with Gasteiger partial charge in [0.2, 0.25) is 0 Å². The maximum atomic E-state index is 13.1. The fourth-order valence-corrected chi connectivity index (χ4v) is 3.73. The van der Waals surface area contributed by atoms with Gasteiger partial charge < -0.3 is 14.8 Å². The molecule has 0 spiro atoms. The summed E-state index contributed by atoms with van der Waals surface area (Å²) >= 11 is 0. The Balaban J connectivity index is 1.52. The van der Waals surface area contributed by atoms with Gasteiger partial charge in [0, 0.05) is 43.3 Å². The van der Waals surface area contributed by atoms with Crippen molar-refractivity contribution in [2.75, 3.05) is 26.2 Å². The van der Waals surface area contributed by atoms with Crippen LogP contribution >= 0.6 is 0 Å². The number of carbonyl (C=O) groups is 2. The van der Waals surface area contributed by atoms with E-state index in [-0.39, 0.29) is 11.8 Å². The molecule has 0 bridgehead atoms. The standard InChI is InChI=1S/C22H20N4O2/c1-15-7-8-17(13-23)20-19(15)18(14-24-20)22(28)26-11-9-25(10-12-26)21(27)16-5-3-2-4-6-16/h2-8,14,24H,9-12H2,1H3. The third-order valence-electron chi connectivity index (χ3n) is 5.27. The van der Waals surface area contributed by atoms with Crippen LogP contribution in [0.25, 0.3) is 10.9 Å². The fourth-order valence-electron chi connectivity index (χ4n) is 3.73. The number of aromatic nitrogens is 1. The van der Waals surface area contributed by atoms with Gasteiger partial charge in [-0.05, 0) is 30.7 Å². The summed E-state index contributed by atoms with van der Waals surface area (Å²) in [6.07, 6.45) is 1.68. The molecule has 0 saturated carbocycles. The second-order valence-corrected chi connectivity index (χ2v) is 6.94. The van der Waals surface area contributed by atoms with Crippen molar-refractivity contribution in [3.63, 3.8) is 0 Å². The fraction of sp³-hybridized carbons (Fsp3) is 0.227. The molecule has 1 aliphatic rings. The lowest BCUT2D eigenvalue weighted by Crippen LogP contribution is -2.50. The molecule has 0 aliphatic carbocycles. The van der Waals surface area contributed by atoms with Crippen LogP contribution in [-0.4, -0.2) is 52.8 Å². The highest BCUT2D eigenvalue weighted by Crippen LogP contribution is 2.26. The molecule has 1 N–H and O–H groups in total. The van der Waals surface area contributed by atoms with Crippen LogP contribution in [0.15, 0.2) is 48.7 Å². The molecule has 0 atom stereocenters. The van der Waals surface area contributed by atoms with E-state index in [2.05, 4.69) is 11.1 Å². The Morgan fingerprint density at radius 3 is 2.25 bits per heavy atom. The van der Waals surface area contributed by atoms with E-state index in [0.717, 1.165) is 10.9 Å². The predicted octanol–water partition coefficient (Wildman–Crippen LogP) is 2.95. The third kappa shape index (κ3) is 3.01. The van der Waals surface area contributed by atoms with E-state index in [1.54, 1.807) is 34.2 Å². The Kier molecular flexibility index (Phi) is 4.58. The highest BCUT2D eigenvalue weighted by molar-refractivity contribution is 6.09. The van der Waals surface area contributed by atoms with E-state index in [1.807, 2.05) is 31.2 Å². The van der Waals surface area contributed by atoms with Gasteiger partial charge in [-0.1, -0.05) is 24.3 Å². The van der Waals surface area contributed by atoms with E-state index in [9.17, 15) is 14.9 Å². The molecule has 4 rings (SSSR count). The SMILES string of the molecule is Cc1ccc(C#N)c2[nH]cc(C(=O)N3CCN(C(=O)c4ccccc4)CC3)c12. The summed E-state index contributed by atoms with van der Waals surface area (Å²) in [5.41, 5.74) is 3.42. The first-order chi connectivity index (χ1) is 13.6. The van der Waals surface area contributed by atoms with Crippen molar-refractivity contribution < 1.29 is 9.59 Å². The number of hydrogen-bond donors (Lipinski definition) is 1. The molecule has 1 aromatic heterocycles. The Morgan fingerprint density at radius 2 is 1.61 bits per heavy atom. The van der Waals surface area contributed by atoms with Gasteiger partial charge in [-0.2, -0.15) is 5.26 Å². The van der Waals surface area contributed by atoms with Crippen LogP contribution in [0, 0.1) is 18.3 Å². The minimum atomic E-state index is -0.0729. The van der Waals surface area contributed by atoms with Crippen molar-refractivity contribution >= 4 is 22.7 Å². The number of nitriles is 1. The predicted molar refractivity (Wildman–Crippen MR) is 106 cm³/mol. The minimum absolute atomic E-state index is 0.00528. The summed E-state index contributed by atoms with van der Waals surface area (Å²) < 4.78 is 0. The van der Waals surface area contributed by atoms with Crippen molar-refractivity contribution in [3.05, 3.63) is 70.9 Å². The molecular formula is C22H20N4O2. The van der Waals surface area contributed by atoms with Crippen molar-refractivity contribution in [2.45, 2.75) is 6.92 Å². The van der Waals surface area contributed by atoms with Gasteiger partial charge in [0.05, 0.1) is 16.6 Å². The molecule has 28 heavy (non-hydrogen) atoms. The van der Waals surface area contributed by atoms with Crippen LogP contribution in [0.3, 0.4) is 0 Å². The number of benzene rings is 2. The van der Waals surface area contributed by atoms with Crippen LogP contribution < -0.4 is 0 Å². The zero-order valence-electron chi connectivity index (χ0n) is 15.6. The van der Waals surface area contributed by atoms with Crippen LogP contribution in [0.2, 0.25) is 0 Å². The lowest BCUT2D eigenvalue weighted by atomic mass is 10.0. The molecule has 1 fully saturated rings. The number of aryl methyl sites for hydroxylation is 1. The summed E-state index contributed by atoms with van der Waals surface area (Å²) in [6, 6.07) is 15.0. The van der Waals surface area contributed by atoms with Crippen molar-refractivity contribution in [2.24, 2.45) is 0 Å². The van der Waals surface area contributed by atoms with Gasteiger partial charge in [0.1, 0.15) is 6.07 Å². The van der Waals surface area contributed by atoms with E-state index in [1.165, 1.54) is 0 Å². The quantitative estimate of drug-likeness (QED) is 0.751. The van der Waals surface area contributed by atoms with Crippen LogP contribution in [0.4, 0.5) is 0 Å². The second kappa shape index (κ2) is 7.20. The third-order valence-corrected chi connectivity index (χ3v) is 5.27. The number of aromatic amines is 1. The normalized spacial score (nSPS) is 14.1. The minimum Gasteiger partial charge on any atom is -0.359 e. The highest BCUT2D eigenvalue weighted by atomic mass is 16.2. The number of amides is 2. The van der Waals surface area contributed by atoms with Gasteiger partial charge in [-0.15, -0.1) is 0 Å². The topological polar surface area (TPSA) is 80.2 Å². The van der Waals surface area contributed by atoms with Crippen LogP contribution in [0.1, 0.15) is 31.8 Å². The molecular weight excluding hydrogens is 352 g/mol. The van der Waals surface area contributed by atoms with E-state index in [0.29, 0.717) is 48.4 Å². The van der Waals surface area contributed by atoms with Crippen LogP contribution in [-0.2, 0) is 0 Å². The smallest absolute Gasteiger partial charge is 0.256 e. The van der Waals surface area contributed by atoms with Gasteiger partial charge >= 0.3 is 0 Å². The van der Waals surface area contributed by atoms with Crippen molar-refractivity contribution in [1.29, 1.82) is 5.26 Å². The first-order valence-electron chi connectivity index (χ1n) is 9.24. The largest absolute Gasteiger partial charge is 0.359 e. The monoisotopic (exact) mass is 372 g/mol. The lowest BCUT2D eigenvalue weighted by Gasteiger charge is -2.34. The zero-order chi connectivity index (χ0) is 19.7. The van der Waals surface area contributed by atoms with Gasteiger partial charge in [0.15, 0.2) is 0 Å². The number of nitrogens with one attached hydrogen (secondary N) is 1. The first kappa shape index (κ1) is 17.8. The van der Waals surface area contributed by atoms with E-state index in [4.69, 9.17) is 0 Å². The van der Waals surface area contributed by atoms with Crippen molar-refractivity contribution in [3.8, 4) is 6.07 Å². The maximum absolute atomic E-state index is 13.1. The van der Waals surface area contributed by atoms with E-state index < -0.39 is 0 Å². The molecule has 2 amide bonds. The molecule has 0 radical (unpaired) electrons. The Labute approximate surface area is 163 Å². The number of carbonyl (C=O) groups excluding carboxylic acids is 2. The molecule has 1 saturated heterocycles. The number of hydrogen-bond acceptors (Lipinski definition) is 3. The summed E-state index contributed by atoms with van der Waals surface area (Å²) in [4.78, 5) is 32.3. The summed E-state index contributed by atoms with van der Waals surface area (Å²) in [5.74, 6) is -0.0782. The Morgan fingerprint density at radius 1 is 0.964 bits per heavy atom. The van der Waals surface area contributed by atoms with Crippen molar-refractivity contribution in [1.82, 2.24) is 14.8 Å². The lowest BCUT2D eigenvalue weighted by molar-refractivity contribution is 0.0536. The summed E-state index contributed by atoms with van der Waals surface area (Å²) in [5, 5.41) is 10.1. The molecule has 1 aliphatic heterocycles. The Bertz CT molecular complexity index is 1090. The highest BCUT2D eigenvalue weighted by Gasteiger charge is 2.27. The second-order valence-electron chi connectivity index (χ2n) is 6.94. The molecule has 6 heteroatoms. The maximum Gasteiger partial charge on any atom is 0.256 e. The number of rotatable bonds is 2. The van der Waals surface area contributed by atoms with E-state index >= 15 is 0 Å². The average molecular weight is 372 g/mol. The van der Waals surface area contributed by atoms with Gasteiger partial charge in [0.25, 0.3) is 11.8 Å². The average Bonchev–Trinajstić information content (AvgIpc) is 3.20. The van der Waals surface area contributed by atoms with Gasteiger partial charge in [-0.25, -0.2) is 0 Å². The zero-order valence-corrected chi connectivity index (χ0v) is 15.6. The molecule has 2 aromatic carbocycles. The molecule has 140 valence electrons. The molecule has 6 nitrogen and oxygen atoms in total. The molecule has 2 heterocycles. The molecule has 0 unspecified atom stereocenters. The number of piperazine rings is 1. The summed E-state index contributed by atoms with van der Waals surface area (Å²) in [6.45, 7) is 3.92.